The van der Waals surface area contributed by atoms with Crippen LogP contribution in [0.5, 0.6) is 0 Å². The van der Waals surface area contributed by atoms with Gasteiger partial charge in [-0.1, -0.05) is 88.0 Å². The van der Waals surface area contributed by atoms with Crippen LogP contribution in [-0.2, 0) is 0 Å². The summed E-state index contributed by atoms with van der Waals surface area (Å²) in [7, 11) is 0. The van der Waals surface area contributed by atoms with Gasteiger partial charge < -0.3 is 0 Å². The maximum atomic E-state index is 2.66. The highest BCUT2D eigenvalue weighted by Crippen LogP contribution is 2.73. The second kappa shape index (κ2) is 7.55. The summed E-state index contributed by atoms with van der Waals surface area (Å²) in [6, 6.07) is 0. The van der Waals surface area contributed by atoms with Crippen molar-refractivity contribution in [2.24, 2.45) is 45.8 Å². The molecular weight excluding hydrogens is 300 g/mol. The quantitative estimate of drug-likeness (QED) is 0.413. The second-order valence-corrected chi connectivity index (χ2v) is 11.2. The van der Waals surface area contributed by atoms with E-state index in [0.29, 0.717) is 16.2 Å². The van der Waals surface area contributed by atoms with Gasteiger partial charge in [0.15, 0.2) is 0 Å². The van der Waals surface area contributed by atoms with E-state index in [2.05, 4.69) is 62.3 Å². The molecule has 2 fully saturated rings. The predicted molar refractivity (Wildman–Crippen MR) is 113 cm³/mol. The number of hydrogen-bond donors (Lipinski definition) is 0. The fourth-order valence-corrected chi connectivity index (χ4v) is 7.47. The molecule has 0 N–H and O–H groups in total. The van der Waals surface area contributed by atoms with Gasteiger partial charge >= 0.3 is 0 Å². The molecule has 0 aromatic heterocycles. The first-order valence-corrected chi connectivity index (χ1v) is 11.6. The lowest BCUT2D eigenvalue weighted by atomic mass is 9.54. The smallest absolute Gasteiger partial charge is 0.0184 e. The topological polar surface area (TPSA) is 0 Å². The minimum absolute atomic E-state index is 0.483. The molecule has 0 heterocycles. The van der Waals surface area contributed by atoms with Crippen LogP contribution in [0.15, 0.2) is 0 Å². The van der Waals surface area contributed by atoms with E-state index in [1.807, 2.05) is 0 Å². The van der Waals surface area contributed by atoms with Crippen LogP contribution >= 0.6 is 0 Å². The van der Waals surface area contributed by atoms with Crippen molar-refractivity contribution in [3.05, 3.63) is 0 Å². The zero-order valence-electron chi connectivity index (χ0n) is 19.0. The molecule has 2 aliphatic rings. The summed E-state index contributed by atoms with van der Waals surface area (Å²) in [6.07, 6.45) is 11.5. The van der Waals surface area contributed by atoms with E-state index in [-0.39, 0.29) is 0 Å². The van der Waals surface area contributed by atoms with Gasteiger partial charge in [-0.2, -0.15) is 0 Å². The molecule has 0 bridgehead atoms. The lowest BCUT2D eigenvalue weighted by Crippen LogP contribution is -2.44. The maximum Gasteiger partial charge on any atom is -0.0184 e. The maximum absolute atomic E-state index is 2.66. The van der Waals surface area contributed by atoms with Crippen molar-refractivity contribution in [3.63, 3.8) is 0 Å². The summed E-state index contributed by atoms with van der Waals surface area (Å²) >= 11 is 0. The summed E-state index contributed by atoms with van der Waals surface area (Å²) in [5.41, 5.74) is 1.62. The Hall–Kier alpha value is 0. The molecule has 0 aromatic rings. The zero-order valence-corrected chi connectivity index (χ0v) is 19.0. The minimum atomic E-state index is 0.483. The van der Waals surface area contributed by atoms with Crippen molar-refractivity contribution in [2.75, 3.05) is 0 Å². The van der Waals surface area contributed by atoms with Gasteiger partial charge in [-0.25, -0.2) is 0 Å². The SMILES string of the molecule is CCCC1C[C@@H]2CC(C)(C[C@H](C)[C@H](C)CC)[C@H](C)C2(C(C)(C)CC)C1. The van der Waals surface area contributed by atoms with E-state index in [4.69, 9.17) is 0 Å². The van der Waals surface area contributed by atoms with Crippen LogP contribution in [0.25, 0.3) is 0 Å². The Morgan fingerprint density at radius 2 is 1.68 bits per heavy atom. The Bertz CT molecular complexity index is 435. The first-order chi connectivity index (χ1) is 11.6. The van der Waals surface area contributed by atoms with Gasteiger partial charge in [-0.15, -0.1) is 0 Å². The lowest BCUT2D eigenvalue weighted by molar-refractivity contribution is -0.0258. The highest BCUT2D eigenvalue weighted by atomic mass is 14.7. The average Bonchev–Trinajstić information content (AvgIpc) is 3.01. The van der Waals surface area contributed by atoms with Crippen LogP contribution in [0.4, 0.5) is 0 Å². The van der Waals surface area contributed by atoms with Crippen molar-refractivity contribution < 1.29 is 0 Å². The van der Waals surface area contributed by atoms with Crippen LogP contribution in [0.3, 0.4) is 0 Å². The Kier molecular flexibility index (Phi) is 6.44. The first kappa shape index (κ1) is 21.3. The fourth-order valence-electron chi connectivity index (χ4n) is 7.47. The van der Waals surface area contributed by atoms with Crippen LogP contribution < -0.4 is 0 Å². The van der Waals surface area contributed by atoms with E-state index >= 15 is 0 Å². The van der Waals surface area contributed by atoms with Gasteiger partial charge in [0.05, 0.1) is 0 Å². The molecule has 0 radical (unpaired) electrons. The van der Waals surface area contributed by atoms with Crippen molar-refractivity contribution in [1.29, 1.82) is 0 Å². The van der Waals surface area contributed by atoms with Crippen molar-refractivity contribution in [3.8, 4) is 0 Å². The van der Waals surface area contributed by atoms with Gasteiger partial charge in [-0.3, -0.25) is 0 Å². The number of rotatable bonds is 8. The molecule has 3 unspecified atom stereocenters. The second-order valence-electron chi connectivity index (χ2n) is 11.2. The zero-order chi connectivity index (χ0) is 19.0. The molecule has 148 valence electrons. The van der Waals surface area contributed by atoms with Gasteiger partial charge in [0.2, 0.25) is 0 Å². The number of fused-ring (bicyclic) bond motifs is 1. The van der Waals surface area contributed by atoms with Crippen LogP contribution in [0.2, 0.25) is 0 Å². The highest BCUT2D eigenvalue weighted by molar-refractivity contribution is 5.14. The van der Waals surface area contributed by atoms with E-state index in [1.165, 1.54) is 51.4 Å². The molecule has 2 saturated carbocycles. The summed E-state index contributed by atoms with van der Waals surface area (Å²) in [5, 5.41) is 0. The third-order valence-corrected chi connectivity index (χ3v) is 9.75. The van der Waals surface area contributed by atoms with E-state index in [0.717, 1.165) is 29.6 Å². The molecule has 2 rings (SSSR count). The summed E-state index contributed by atoms with van der Waals surface area (Å²) in [6.45, 7) is 22.7. The van der Waals surface area contributed by atoms with Crippen molar-refractivity contribution in [2.45, 2.75) is 114 Å². The van der Waals surface area contributed by atoms with Gasteiger partial charge in [-0.05, 0) is 71.5 Å². The predicted octanol–water partition coefficient (Wildman–Crippen LogP) is 8.35. The Morgan fingerprint density at radius 3 is 2.20 bits per heavy atom. The van der Waals surface area contributed by atoms with Gasteiger partial charge in [0.25, 0.3) is 0 Å². The molecule has 0 aromatic carbocycles. The Labute approximate surface area is 159 Å². The molecule has 25 heavy (non-hydrogen) atoms. The number of hydrogen-bond acceptors (Lipinski definition) is 0. The average molecular weight is 349 g/mol. The van der Waals surface area contributed by atoms with Crippen molar-refractivity contribution in [1.82, 2.24) is 0 Å². The lowest BCUT2D eigenvalue weighted by Gasteiger charge is -2.51. The summed E-state index contributed by atoms with van der Waals surface area (Å²) < 4.78 is 0. The highest BCUT2D eigenvalue weighted by Gasteiger charge is 2.65. The Balaban J connectivity index is 2.32. The third-order valence-electron chi connectivity index (χ3n) is 9.75. The first-order valence-electron chi connectivity index (χ1n) is 11.6. The molecule has 0 heteroatoms. The van der Waals surface area contributed by atoms with Crippen molar-refractivity contribution >= 4 is 0 Å². The largest absolute Gasteiger partial charge is 0.0654 e. The molecule has 0 spiro atoms. The molecule has 0 saturated heterocycles. The molecule has 7 atom stereocenters. The normalized spacial score (nSPS) is 40.9. The van der Waals surface area contributed by atoms with Crippen LogP contribution in [0.1, 0.15) is 114 Å². The molecule has 0 nitrogen and oxygen atoms in total. The summed E-state index contributed by atoms with van der Waals surface area (Å²) in [4.78, 5) is 0. The molecular formula is C25H48. The van der Waals surface area contributed by atoms with Gasteiger partial charge in [0.1, 0.15) is 0 Å². The molecule has 2 aliphatic carbocycles. The molecule has 0 aliphatic heterocycles. The van der Waals surface area contributed by atoms with E-state index in [1.54, 1.807) is 0 Å². The third kappa shape index (κ3) is 3.45. The van der Waals surface area contributed by atoms with Crippen LogP contribution in [0, 0.1) is 45.8 Å². The molecule has 0 amide bonds. The minimum Gasteiger partial charge on any atom is -0.0654 e. The van der Waals surface area contributed by atoms with E-state index < -0.39 is 0 Å². The van der Waals surface area contributed by atoms with E-state index in [9.17, 15) is 0 Å². The summed E-state index contributed by atoms with van der Waals surface area (Å²) in [5.74, 6) is 4.58. The fraction of sp³-hybridized carbons (Fsp3) is 1.00. The Morgan fingerprint density at radius 1 is 1.04 bits per heavy atom. The van der Waals surface area contributed by atoms with Gasteiger partial charge in [0, 0.05) is 0 Å². The monoisotopic (exact) mass is 348 g/mol. The standard InChI is InChI=1S/C25H48/c1-10-13-21-14-22-17-24(9,15-19(5)18(4)11-2)20(6)25(22,16-21)23(7,8)12-3/h18-22H,10-17H2,1-9H3/t18-,19+,20+,21?,22-,24?,25?/m1/s1. The van der Waals surface area contributed by atoms with Crippen LogP contribution in [-0.4, -0.2) is 0 Å².